The van der Waals surface area contributed by atoms with Crippen LogP contribution in [-0.2, 0) is 4.74 Å². The first-order chi connectivity index (χ1) is 7.95. The van der Waals surface area contributed by atoms with Gasteiger partial charge in [-0.2, -0.15) is 0 Å². The van der Waals surface area contributed by atoms with Crippen LogP contribution in [-0.4, -0.2) is 18.6 Å². The molecule has 1 aromatic rings. The van der Waals surface area contributed by atoms with Crippen molar-refractivity contribution in [2.45, 2.75) is 25.3 Å². The van der Waals surface area contributed by atoms with Crippen LogP contribution in [0.15, 0.2) is 12.1 Å². The number of nitrogens with one attached hydrogen (secondary N) is 1. The van der Waals surface area contributed by atoms with Crippen molar-refractivity contribution >= 4 is 28.9 Å². The molecule has 4 nitrogen and oxygen atoms in total. The summed E-state index contributed by atoms with van der Waals surface area (Å²) in [4.78, 5) is 11.7. The molecule has 0 aliphatic heterocycles. The molecule has 0 radical (unpaired) electrons. The van der Waals surface area contributed by atoms with Gasteiger partial charge in [-0.3, -0.25) is 0 Å². The maximum Gasteiger partial charge on any atom is 0.340 e. The van der Waals surface area contributed by atoms with Gasteiger partial charge in [0.15, 0.2) is 0 Å². The van der Waals surface area contributed by atoms with E-state index in [0.717, 1.165) is 12.8 Å². The van der Waals surface area contributed by atoms with Crippen LogP contribution in [0.5, 0.6) is 0 Å². The summed E-state index contributed by atoms with van der Waals surface area (Å²) in [5, 5.41) is 3.73. The molecule has 17 heavy (non-hydrogen) atoms. The molecule has 0 spiro atoms. The van der Waals surface area contributed by atoms with E-state index in [0.29, 0.717) is 22.0 Å². The first-order valence-corrected chi connectivity index (χ1v) is 5.78. The van der Waals surface area contributed by atoms with Gasteiger partial charge in [-0.25, -0.2) is 4.79 Å². The molecular weight excluding hydrogens is 240 g/mol. The minimum atomic E-state index is -0.439. The summed E-state index contributed by atoms with van der Waals surface area (Å²) in [7, 11) is 1.34. The van der Waals surface area contributed by atoms with Gasteiger partial charge in [0.1, 0.15) is 0 Å². The van der Waals surface area contributed by atoms with E-state index in [1.807, 2.05) is 0 Å². The van der Waals surface area contributed by atoms with Gasteiger partial charge in [-0.15, -0.1) is 0 Å². The number of esters is 1. The van der Waals surface area contributed by atoms with Crippen LogP contribution in [0.1, 0.15) is 30.1 Å². The average molecular weight is 255 g/mol. The van der Waals surface area contributed by atoms with Crippen molar-refractivity contribution in [2.75, 3.05) is 18.2 Å². The highest BCUT2D eigenvalue weighted by atomic mass is 35.5. The molecule has 2 rings (SSSR count). The zero-order chi connectivity index (χ0) is 12.6. The van der Waals surface area contributed by atoms with Gasteiger partial charge in [0.2, 0.25) is 0 Å². The highest BCUT2D eigenvalue weighted by Gasteiger charge is 2.38. The second kappa shape index (κ2) is 4.11. The standard InChI is InChI=1S/C12H15ClN2O2/c1-12(3-4-12)15-10-8(11(16)17-2)5-7(14)6-9(10)13/h5-6,15H,3-4,14H2,1-2H3. The summed E-state index contributed by atoms with van der Waals surface area (Å²) in [6, 6.07) is 3.20. The van der Waals surface area contributed by atoms with Gasteiger partial charge >= 0.3 is 5.97 Å². The van der Waals surface area contributed by atoms with Gasteiger partial charge in [-0.1, -0.05) is 11.6 Å². The maximum atomic E-state index is 11.7. The highest BCUT2D eigenvalue weighted by molar-refractivity contribution is 6.34. The second-order valence-corrected chi connectivity index (χ2v) is 5.01. The number of hydrogen-bond acceptors (Lipinski definition) is 4. The number of hydrogen-bond donors (Lipinski definition) is 2. The van der Waals surface area contributed by atoms with E-state index < -0.39 is 5.97 Å². The minimum absolute atomic E-state index is 0.0303. The van der Waals surface area contributed by atoms with Gasteiger partial charge in [0.05, 0.1) is 23.4 Å². The van der Waals surface area contributed by atoms with Crippen LogP contribution < -0.4 is 11.1 Å². The summed E-state index contributed by atoms with van der Waals surface area (Å²) >= 11 is 6.12. The van der Waals surface area contributed by atoms with Crippen molar-refractivity contribution in [1.82, 2.24) is 0 Å². The van der Waals surface area contributed by atoms with E-state index in [1.165, 1.54) is 7.11 Å². The maximum absolute atomic E-state index is 11.7. The fourth-order valence-corrected chi connectivity index (χ4v) is 1.91. The molecule has 0 aromatic heterocycles. The van der Waals surface area contributed by atoms with Gasteiger partial charge in [0.25, 0.3) is 0 Å². The molecule has 0 saturated heterocycles. The Morgan fingerprint density at radius 2 is 2.18 bits per heavy atom. The number of anilines is 2. The number of rotatable bonds is 3. The van der Waals surface area contributed by atoms with Crippen LogP contribution in [0.2, 0.25) is 5.02 Å². The lowest BCUT2D eigenvalue weighted by atomic mass is 10.1. The van der Waals surface area contributed by atoms with Crippen molar-refractivity contribution in [3.8, 4) is 0 Å². The molecule has 1 aromatic carbocycles. The molecule has 0 bridgehead atoms. The van der Waals surface area contributed by atoms with Crippen molar-refractivity contribution < 1.29 is 9.53 Å². The van der Waals surface area contributed by atoms with Crippen LogP contribution in [0.3, 0.4) is 0 Å². The number of methoxy groups -OCH3 is 1. The first-order valence-electron chi connectivity index (χ1n) is 5.41. The molecule has 0 amide bonds. The lowest BCUT2D eigenvalue weighted by molar-refractivity contribution is 0.0602. The van der Waals surface area contributed by atoms with E-state index >= 15 is 0 Å². The number of halogens is 1. The Kier molecular flexibility index (Phi) is 2.91. The van der Waals surface area contributed by atoms with Gasteiger partial charge in [0, 0.05) is 11.2 Å². The Balaban J connectivity index is 2.43. The number of nitrogen functional groups attached to an aromatic ring is 1. The minimum Gasteiger partial charge on any atom is -0.465 e. The molecule has 0 atom stereocenters. The fraction of sp³-hybridized carbons (Fsp3) is 0.417. The summed E-state index contributed by atoms with van der Waals surface area (Å²) in [6.07, 6.45) is 2.13. The zero-order valence-corrected chi connectivity index (χ0v) is 10.6. The van der Waals surface area contributed by atoms with E-state index in [4.69, 9.17) is 22.1 Å². The van der Waals surface area contributed by atoms with E-state index in [9.17, 15) is 4.79 Å². The molecule has 1 aliphatic rings. The highest BCUT2D eigenvalue weighted by Crippen LogP contribution is 2.41. The van der Waals surface area contributed by atoms with Crippen molar-refractivity contribution in [3.05, 3.63) is 22.7 Å². The Labute approximate surface area is 105 Å². The molecule has 0 heterocycles. The predicted octanol–water partition coefficient (Wildman–Crippen LogP) is 2.67. The quantitative estimate of drug-likeness (QED) is 0.643. The summed E-state index contributed by atoms with van der Waals surface area (Å²) in [5.74, 6) is -0.439. The molecular formula is C12H15ClN2O2. The fourth-order valence-electron chi connectivity index (χ4n) is 1.64. The first kappa shape index (κ1) is 12.0. The third kappa shape index (κ3) is 2.47. The number of benzene rings is 1. The summed E-state index contributed by atoms with van der Waals surface area (Å²) in [5.41, 5.74) is 7.14. The summed E-state index contributed by atoms with van der Waals surface area (Å²) in [6.45, 7) is 2.08. The van der Waals surface area contributed by atoms with E-state index in [1.54, 1.807) is 12.1 Å². The SMILES string of the molecule is COC(=O)c1cc(N)cc(Cl)c1NC1(C)CC1. The van der Waals surface area contributed by atoms with Gasteiger partial charge in [-0.05, 0) is 31.9 Å². The normalized spacial score (nSPS) is 16.4. The Bertz CT molecular complexity index is 470. The average Bonchev–Trinajstić information content (AvgIpc) is 2.99. The lowest BCUT2D eigenvalue weighted by Crippen LogP contribution is -2.19. The van der Waals surface area contributed by atoms with Crippen LogP contribution in [0.25, 0.3) is 0 Å². The molecule has 1 fully saturated rings. The lowest BCUT2D eigenvalue weighted by Gasteiger charge is -2.18. The number of ether oxygens (including phenoxy) is 1. The molecule has 0 unspecified atom stereocenters. The number of nitrogens with two attached hydrogens (primary N) is 1. The van der Waals surface area contributed by atoms with Crippen LogP contribution >= 0.6 is 11.6 Å². The third-order valence-corrected chi connectivity index (χ3v) is 3.24. The molecule has 1 saturated carbocycles. The second-order valence-electron chi connectivity index (χ2n) is 4.60. The summed E-state index contributed by atoms with van der Waals surface area (Å²) < 4.78 is 4.73. The molecule has 3 N–H and O–H groups in total. The Hall–Kier alpha value is -1.42. The topological polar surface area (TPSA) is 64.3 Å². The third-order valence-electron chi connectivity index (χ3n) is 2.94. The zero-order valence-electron chi connectivity index (χ0n) is 9.84. The largest absolute Gasteiger partial charge is 0.465 e. The van der Waals surface area contributed by atoms with Crippen molar-refractivity contribution in [2.24, 2.45) is 0 Å². The monoisotopic (exact) mass is 254 g/mol. The van der Waals surface area contributed by atoms with Crippen LogP contribution in [0.4, 0.5) is 11.4 Å². The van der Waals surface area contributed by atoms with E-state index in [2.05, 4.69) is 12.2 Å². The van der Waals surface area contributed by atoms with Crippen LogP contribution in [0, 0.1) is 0 Å². The smallest absolute Gasteiger partial charge is 0.340 e. The Morgan fingerprint density at radius 1 is 1.53 bits per heavy atom. The van der Waals surface area contributed by atoms with Gasteiger partial charge < -0.3 is 15.8 Å². The number of carbonyl (C=O) groups excluding carboxylic acids is 1. The van der Waals surface area contributed by atoms with Crippen molar-refractivity contribution in [3.63, 3.8) is 0 Å². The van der Waals surface area contributed by atoms with Crippen molar-refractivity contribution in [1.29, 1.82) is 0 Å². The van der Waals surface area contributed by atoms with E-state index in [-0.39, 0.29) is 5.54 Å². The molecule has 1 aliphatic carbocycles. The number of carbonyl (C=O) groups is 1. The Morgan fingerprint density at radius 3 is 2.71 bits per heavy atom. The predicted molar refractivity (Wildman–Crippen MR) is 68.5 cm³/mol. The molecule has 5 heteroatoms. The molecule has 92 valence electrons.